The minimum Gasteiger partial charge on any atom is -0.481 e. The van der Waals surface area contributed by atoms with Gasteiger partial charge in [0.2, 0.25) is 0 Å². The molecular formula is C20H41NO2. The first-order chi connectivity index (χ1) is 11.2. The monoisotopic (exact) mass is 327 g/mol. The molecule has 0 bridgehead atoms. The molecule has 0 rings (SSSR count). The van der Waals surface area contributed by atoms with Crippen molar-refractivity contribution < 1.29 is 9.90 Å². The van der Waals surface area contributed by atoms with Crippen LogP contribution in [0, 0.1) is 5.92 Å². The van der Waals surface area contributed by atoms with Gasteiger partial charge in [-0.25, -0.2) is 0 Å². The van der Waals surface area contributed by atoms with Crippen LogP contribution in [0.1, 0.15) is 110 Å². The Bertz CT molecular complexity index is 256. The topological polar surface area (TPSA) is 63.3 Å². The maximum absolute atomic E-state index is 11.3. The molecule has 0 saturated heterocycles. The van der Waals surface area contributed by atoms with Gasteiger partial charge in [0.05, 0.1) is 5.92 Å². The Kier molecular flexibility index (Phi) is 17.3. The molecule has 1 atom stereocenters. The van der Waals surface area contributed by atoms with Gasteiger partial charge in [-0.2, -0.15) is 0 Å². The second-order valence-electron chi connectivity index (χ2n) is 7.00. The van der Waals surface area contributed by atoms with E-state index in [2.05, 4.69) is 6.92 Å². The van der Waals surface area contributed by atoms with E-state index in [0.29, 0.717) is 0 Å². The summed E-state index contributed by atoms with van der Waals surface area (Å²) in [7, 11) is 0. The van der Waals surface area contributed by atoms with Gasteiger partial charge in [-0.1, -0.05) is 90.4 Å². The predicted molar refractivity (Wildman–Crippen MR) is 99.7 cm³/mol. The van der Waals surface area contributed by atoms with E-state index in [9.17, 15) is 9.90 Å². The van der Waals surface area contributed by atoms with Crippen LogP contribution in [0.4, 0.5) is 0 Å². The van der Waals surface area contributed by atoms with Crippen LogP contribution in [0.5, 0.6) is 0 Å². The molecule has 3 N–H and O–H groups in total. The van der Waals surface area contributed by atoms with Crippen LogP contribution in [0.2, 0.25) is 0 Å². The van der Waals surface area contributed by atoms with E-state index in [4.69, 9.17) is 5.73 Å². The van der Waals surface area contributed by atoms with E-state index in [1.165, 1.54) is 57.8 Å². The summed E-state index contributed by atoms with van der Waals surface area (Å²) in [4.78, 5) is 11.3. The minimum atomic E-state index is -0.597. The van der Waals surface area contributed by atoms with Crippen molar-refractivity contribution in [1.29, 1.82) is 0 Å². The van der Waals surface area contributed by atoms with Gasteiger partial charge in [0.25, 0.3) is 0 Å². The third kappa shape index (κ3) is 16.1. The molecule has 0 radical (unpaired) electrons. The number of unbranched alkanes of at least 4 members (excludes halogenated alkanes) is 12. The summed E-state index contributed by atoms with van der Waals surface area (Å²) in [6, 6.07) is 0. The molecule has 0 aliphatic carbocycles. The number of carboxylic acid groups (broad SMARTS) is 1. The smallest absolute Gasteiger partial charge is 0.306 e. The van der Waals surface area contributed by atoms with E-state index in [1.54, 1.807) is 0 Å². The fourth-order valence-corrected chi connectivity index (χ4v) is 3.16. The van der Waals surface area contributed by atoms with Crippen molar-refractivity contribution in [1.82, 2.24) is 0 Å². The van der Waals surface area contributed by atoms with Crippen molar-refractivity contribution in [2.75, 3.05) is 6.54 Å². The maximum Gasteiger partial charge on any atom is 0.306 e. The molecule has 0 aliphatic rings. The maximum atomic E-state index is 11.3. The molecule has 1 unspecified atom stereocenters. The molecule has 0 heterocycles. The van der Waals surface area contributed by atoms with Crippen molar-refractivity contribution in [2.24, 2.45) is 11.7 Å². The molecule has 0 fully saturated rings. The van der Waals surface area contributed by atoms with Gasteiger partial charge in [0.1, 0.15) is 0 Å². The number of rotatable bonds is 18. The van der Waals surface area contributed by atoms with Crippen LogP contribution < -0.4 is 5.73 Å². The molecule has 0 saturated carbocycles. The molecule has 0 aliphatic heterocycles. The van der Waals surface area contributed by atoms with Gasteiger partial charge in [0, 0.05) is 0 Å². The van der Waals surface area contributed by atoms with Gasteiger partial charge in [-0.05, 0) is 25.8 Å². The molecule has 138 valence electrons. The van der Waals surface area contributed by atoms with Gasteiger partial charge in [0.15, 0.2) is 0 Å². The summed E-state index contributed by atoms with van der Waals surface area (Å²) >= 11 is 0. The Balaban J connectivity index is 3.45. The molecule has 0 aromatic rings. The van der Waals surface area contributed by atoms with Crippen LogP contribution in [0.3, 0.4) is 0 Å². The highest BCUT2D eigenvalue weighted by atomic mass is 16.4. The number of nitrogens with two attached hydrogens (primary N) is 1. The Morgan fingerprint density at radius 1 is 0.739 bits per heavy atom. The highest BCUT2D eigenvalue weighted by Gasteiger charge is 2.16. The van der Waals surface area contributed by atoms with Crippen molar-refractivity contribution in [2.45, 2.75) is 110 Å². The summed E-state index contributed by atoms with van der Waals surface area (Å²) in [5, 5.41) is 9.30. The fraction of sp³-hybridized carbons (Fsp3) is 0.950. The van der Waals surface area contributed by atoms with Crippen LogP contribution in [0.15, 0.2) is 0 Å². The number of aliphatic carboxylic acids is 1. The standard InChI is InChI=1S/C20H41NO2/c1-2-3-4-5-6-7-8-9-10-13-16-19(20(22)23)17-14-11-12-15-18-21/h19H,2-18,21H2,1H3,(H,22,23). The second-order valence-corrected chi connectivity index (χ2v) is 7.00. The molecule has 3 nitrogen and oxygen atoms in total. The lowest BCUT2D eigenvalue weighted by molar-refractivity contribution is -0.142. The SMILES string of the molecule is CCCCCCCCCCCCC(CCCCCCN)C(=O)O. The minimum absolute atomic E-state index is 0.123. The van der Waals surface area contributed by atoms with Gasteiger partial charge in [-0.3, -0.25) is 4.79 Å². The van der Waals surface area contributed by atoms with Crippen molar-refractivity contribution in [3.05, 3.63) is 0 Å². The Hall–Kier alpha value is -0.570. The third-order valence-electron chi connectivity index (χ3n) is 4.76. The normalized spacial score (nSPS) is 12.4. The Morgan fingerprint density at radius 2 is 1.13 bits per heavy atom. The van der Waals surface area contributed by atoms with E-state index in [-0.39, 0.29) is 5.92 Å². The van der Waals surface area contributed by atoms with Crippen LogP contribution in [-0.4, -0.2) is 17.6 Å². The number of carboxylic acids is 1. The fourth-order valence-electron chi connectivity index (χ4n) is 3.16. The van der Waals surface area contributed by atoms with Crippen LogP contribution in [0.25, 0.3) is 0 Å². The zero-order chi connectivity index (χ0) is 17.2. The number of carbonyl (C=O) groups is 1. The van der Waals surface area contributed by atoms with Gasteiger partial charge in [-0.15, -0.1) is 0 Å². The molecule has 0 aromatic heterocycles. The van der Waals surface area contributed by atoms with Crippen LogP contribution in [-0.2, 0) is 4.79 Å². The third-order valence-corrected chi connectivity index (χ3v) is 4.76. The van der Waals surface area contributed by atoms with E-state index in [0.717, 1.165) is 51.5 Å². The highest BCUT2D eigenvalue weighted by molar-refractivity contribution is 5.69. The van der Waals surface area contributed by atoms with E-state index < -0.39 is 5.97 Å². The summed E-state index contributed by atoms with van der Waals surface area (Å²) in [5.74, 6) is -0.721. The average molecular weight is 328 g/mol. The molecule has 0 amide bonds. The first-order valence-electron chi connectivity index (χ1n) is 10.1. The lowest BCUT2D eigenvalue weighted by Crippen LogP contribution is -2.13. The summed E-state index contributed by atoms with van der Waals surface area (Å²) in [6.45, 7) is 3.01. The molecule has 23 heavy (non-hydrogen) atoms. The molecule has 0 aromatic carbocycles. The van der Waals surface area contributed by atoms with Crippen molar-refractivity contribution >= 4 is 5.97 Å². The molecule has 0 spiro atoms. The summed E-state index contributed by atoms with van der Waals surface area (Å²) in [5.41, 5.74) is 5.47. The van der Waals surface area contributed by atoms with Crippen LogP contribution >= 0.6 is 0 Å². The number of hydrogen-bond donors (Lipinski definition) is 2. The highest BCUT2D eigenvalue weighted by Crippen LogP contribution is 2.19. The van der Waals surface area contributed by atoms with Crippen molar-refractivity contribution in [3.63, 3.8) is 0 Å². The molecule has 3 heteroatoms. The zero-order valence-electron chi connectivity index (χ0n) is 15.5. The first kappa shape index (κ1) is 22.4. The lowest BCUT2D eigenvalue weighted by atomic mass is 9.94. The predicted octanol–water partition coefficient (Wildman–Crippen LogP) is 5.91. The van der Waals surface area contributed by atoms with Crippen molar-refractivity contribution in [3.8, 4) is 0 Å². The Labute approximate surface area is 144 Å². The second kappa shape index (κ2) is 17.8. The average Bonchev–Trinajstić information content (AvgIpc) is 2.54. The van der Waals surface area contributed by atoms with Gasteiger partial charge < -0.3 is 10.8 Å². The van der Waals surface area contributed by atoms with Gasteiger partial charge >= 0.3 is 5.97 Å². The zero-order valence-corrected chi connectivity index (χ0v) is 15.5. The summed E-state index contributed by atoms with van der Waals surface area (Å²) in [6.07, 6.45) is 19.2. The quantitative estimate of drug-likeness (QED) is 0.308. The molecular weight excluding hydrogens is 286 g/mol. The number of hydrogen-bond acceptors (Lipinski definition) is 2. The largest absolute Gasteiger partial charge is 0.481 e. The van der Waals surface area contributed by atoms with E-state index in [1.807, 2.05) is 0 Å². The summed E-state index contributed by atoms with van der Waals surface area (Å²) < 4.78 is 0. The van der Waals surface area contributed by atoms with E-state index >= 15 is 0 Å². The first-order valence-corrected chi connectivity index (χ1v) is 10.1. The lowest BCUT2D eigenvalue weighted by Gasteiger charge is -2.12. The Morgan fingerprint density at radius 3 is 1.52 bits per heavy atom.